The minimum Gasteiger partial charge on any atom is -0.481 e. The van der Waals surface area contributed by atoms with Gasteiger partial charge < -0.3 is 5.11 Å². The molecule has 0 fully saturated rings. The summed E-state index contributed by atoms with van der Waals surface area (Å²) in [5.74, 6) is -1.43. The van der Waals surface area contributed by atoms with Crippen molar-refractivity contribution in [2.24, 2.45) is 11.3 Å². The van der Waals surface area contributed by atoms with E-state index in [9.17, 15) is 4.79 Å². The number of carboxylic acid groups (broad SMARTS) is 1. The molecule has 1 N–H and O–H groups in total. The van der Waals surface area contributed by atoms with Crippen molar-refractivity contribution in [1.29, 1.82) is 0 Å². The smallest absolute Gasteiger partial charge is 0.307 e. The number of halogens is 4. The molecule has 0 saturated carbocycles. The highest BCUT2D eigenvalue weighted by atomic mass is 35.6. The number of carbonyl (C=O) groups is 1. The van der Waals surface area contributed by atoms with Gasteiger partial charge in [0.05, 0.1) is 5.92 Å². The maximum absolute atomic E-state index is 11.1. The van der Waals surface area contributed by atoms with Crippen LogP contribution in [-0.4, -0.2) is 20.2 Å². The largest absolute Gasteiger partial charge is 0.481 e. The minimum absolute atomic E-state index is 0.121. The van der Waals surface area contributed by atoms with E-state index in [0.717, 1.165) is 0 Å². The Balaban J connectivity index is 4.81. The zero-order valence-corrected chi connectivity index (χ0v) is 12.5. The molecule has 2 unspecified atom stereocenters. The first kappa shape index (κ1) is 16.6. The second-order valence-corrected chi connectivity index (χ2v) is 7.45. The average Bonchev–Trinajstić information content (AvgIpc) is 2.00. The zero-order chi connectivity index (χ0) is 13.1. The van der Waals surface area contributed by atoms with Crippen molar-refractivity contribution >= 4 is 52.4 Å². The molecule has 0 spiro atoms. The SMILES string of the molecule is CCC(C(=O)O)C(C)(C)C(Cl)CC(Cl)(Cl)Cl. The van der Waals surface area contributed by atoms with Crippen LogP contribution in [0, 0.1) is 11.3 Å². The third-order valence-electron chi connectivity index (χ3n) is 2.82. The van der Waals surface area contributed by atoms with Crippen LogP contribution in [0.1, 0.15) is 33.6 Å². The number of hydrogen-bond acceptors (Lipinski definition) is 1. The Morgan fingerprint density at radius 3 is 2.00 bits per heavy atom. The fourth-order valence-electron chi connectivity index (χ4n) is 1.70. The molecule has 0 bridgehead atoms. The van der Waals surface area contributed by atoms with E-state index in [1.807, 2.05) is 0 Å². The fourth-order valence-corrected chi connectivity index (χ4v) is 2.79. The van der Waals surface area contributed by atoms with Crippen molar-refractivity contribution in [3.8, 4) is 0 Å². The minimum atomic E-state index is -1.46. The van der Waals surface area contributed by atoms with Gasteiger partial charge in [0.25, 0.3) is 0 Å². The van der Waals surface area contributed by atoms with Gasteiger partial charge in [-0.3, -0.25) is 4.79 Å². The molecule has 16 heavy (non-hydrogen) atoms. The summed E-state index contributed by atoms with van der Waals surface area (Å²) >= 11 is 23.1. The first-order valence-electron chi connectivity index (χ1n) is 4.96. The Bertz CT molecular complexity index is 248. The molecule has 2 atom stereocenters. The monoisotopic (exact) mass is 308 g/mol. The van der Waals surface area contributed by atoms with Crippen LogP contribution in [0.5, 0.6) is 0 Å². The lowest BCUT2D eigenvalue weighted by Crippen LogP contribution is -2.39. The Hall–Kier alpha value is 0.630. The summed E-state index contributed by atoms with van der Waals surface area (Å²) in [5.41, 5.74) is -0.633. The van der Waals surface area contributed by atoms with Crippen molar-refractivity contribution in [2.45, 2.75) is 42.8 Å². The molecule has 0 aromatic rings. The highest BCUT2D eigenvalue weighted by Crippen LogP contribution is 2.43. The summed E-state index contributed by atoms with van der Waals surface area (Å²) in [6.45, 7) is 5.37. The van der Waals surface area contributed by atoms with E-state index in [1.54, 1.807) is 20.8 Å². The van der Waals surface area contributed by atoms with Gasteiger partial charge in [-0.15, -0.1) is 11.6 Å². The standard InChI is InChI=1S/C10H16Cl4O2/c1-4-6(8(15)16)9(2,3)7(11)5-10(12,13)14/h6-7H,4-5H2,1-3H3,(H,15,16). The summed E-state index contributed by atoms with van der Waals surface area (Å²) in [4.78, 5) is 11.1. The lowest BCUT2D eigenvalue weighted by atomic mass is 9.74. The van der Waals surface area contributed by atoms with Crippen LogP contribution < -0.4 is 0 Å². The molecule has 0 aliphatic rings. The molecule has 0 aliphatic carbocycles. The van der Waals surface area contributed by atoms with Gasteiger partial charge in [0, 0.05) is 11.8 Å². The van der Waals surface area contributed by atoms with Gasteiger partial charge in [0.2, 0.25) is 0 Å². The van der Waals surface area contributed by atoms with E-state index in [4.69, 9.17) is 51.5 Å². The van der Waals surface area contributed by atoms with Crippen LogP contribution in [0.25, 0.3) is 0 Å². The van der Waals surface area contributed by atoms with E-state index in [-0.39, 0.29) is 6.42 Å². The predicted molar refractivity (Wildman–Crippen MR) is 69.7 cm³/mol. The maximum Gasteiger partial charge on any atom is 0.307 e. The number of alkyl halides is 4. The summed E-state index contributed by atoms with van der Waals surface area (Å²) in [6.07, 6.45) is 0.613. The zero-order valence-electron chi connectivity index (χ0n) is 9.44. The predicted octanol–water partition coefficient (Wildman–Crippen LogP) is 4.49. The molecule has 0 radical (unpaired) electrons. The van der Waals surface area contributed by atoms with Crippen LogP contribution in [0.4, 0.5) is 0 Å². The van der Waals surface area contributed by atoms with E-state index in [0.29, 0.717) is 6.42 Å². The van der Waals surface area contributed by atoms with E-state index in [2.05, 4.69) is 0 Å². The Labute approximate surface area is 116 Å². The molecule has 0 amide bonds. The number of rotatable bonds is 5. The average molecular weight is 310 g/mol. The molecule has 6 heteroatoms. The first-order chi connectivity index (χ1) is 7.02. The topological polar surface area (TPSA) is 37.3 Å². The maximum atomic E-state index is 11.1. The van der Waals surface area contributed by atoms with Crippen LogP contribution in [-0.2, 0) is 4.79 Å². The molecule has 0 aliphatic heterocycles. The van der Waals surface area contributed by atoms with Crippen molar-refractivity contribution in [1.82, 2.24) is 0 Å². The van der Waals surface area contributed by atoms with E-state index >= 15 is 0 Å². The summed E-state index contributed by atoms with van der Waals surface area (Å²) in [7, 11) is 0. The lowest BCUT2D eigenvalue weighted by Gasteiger charge is -2.36. The summed E-state index contributed by atoms with van der Waals surface area (Å²) in [5, 5.41) is 8.59. The molecule has 0 saturated heterocycles. The van der Waals surface area contributed by atoms with Gasteiger partial charge in [0.1, 0.15) is 0 Å². The summed E-state index contributed by atoms with van der Waals surface area (Å²) < 4.78 is -1.46. The molecular weight excluding hydrogens is 294 g/mol. The number of carboxylic acids is 1. The molecule has 0 aromatic carbocycles. The Kier molecular flexibility index (Phi) is 6.23. The number of aliphatic carboxylic acids is 1. The fraction of sp³-hybridized carbons (Fsp3) is 0.900. The van der Waals surface area contributed by atoms with Gasteiger partial charge in [0.15, 0.2) is 3.79 Å². The van der Waals surface area contributed by atoms with Crippen molar-refractivity contribution in [3.63, 3.8) is 0 Å². The van der Waals surface area contributed by atoms with Gasteiger partial charge in [-0.25, -0.2) is 0 Å². The summed E-state index contributed by atoms with van der Waals surface area (Å²) in [6, 6.07) is 0. The second kappa shape index (κ2) is 5.99. The van der Waals surface area contributed by atoms with E-state index < -0.39 is 26.5 Å². The highest BCUT2D eigenvalue weighted by molar-refractivity contribution is 6.67. The molecule has 2 nitrogen and oxygen atoms in total. The van der Waals surface area contributed by atoms with E-state index in [1.165, 1.54) is 0 Å². The van der Waals surface area contributed by atoms with Crippen molar-refractivity contribution < 1.29 is 9.90 Å². The number of hydrogen-bond donors (Lipinski definition) is 1. The molecular formula is C10H16Cl4O2. The van der Waals surface area contributed by atoms with Crippen LogP contribution in [0.15, 0.2) is 0 Å². The van der Waals surface area contributed by atoms with Gasteiger partial charge in [-0.2, -0.15) is 0 Å². The van der Waals surface area contributed by atoms with Crippen LogP contribution in [0.2, 0.25) is 0 Å². The Morgan fingerprint density at radius 2 is 1.75 bits per heavy atom. The molecule has 0 rings (SSSR count). The van der Waals surface area contributed by atoms with Crippen molar-refractivity contribution in [2.75, 3.05) is 0 Å². The first-order valence-corrected chi connectivity index (χ1v) is 6.53. The van der Waals surface area contributed by atoms with Crippen LogP contribution in [0.3, 0.4) is 0 Å². The third-order valence-corrected chi connectivity index (χ3v) is 4.00. The third kappa shape index (κ3) is 4.87. The Morgan fingerprint density at radius 1 is 1.31 bits per heavy atom. The lowest BCUT2D eigenvalue weighted by molar-refractivity contribution is -0.146. The molecule has 96 valence electrons. The van der Waals surface area contributed by atoms with Crippen molar-refractivity contribution in [3.05, 3.63) is 0 Å². The normalized spacial score (nSPS) is 16.9. The van der Waals surface area contributed by atoms with Gasteiger partial charge >= 0.3 is 5.97 Å². The molecule has 0 heterocycles. The van der Waals surface area contributed by atoms with Crippen LogP contribution >= 0.6 is 46.4 Å². The van der Waals surface area contributed by atoms with Gasteiger partial charge in [-0.05, 0) is 11.8 Å². The quantitative estimate of drug-likeness (QED) is 0.760. The van der Waals surface area contributed by atoms with Gasteiger partial charge in [-0.1, -0.05) is 55.6 Å². The molecule has 0 aromatic heterocycles. The highest BCUT2D eigenvalue weighted by Gasteiger charge is 2.42. The second-order valence-electron chi connectivity index (χ2n) is 4.41.